The van der Waals surface area contributed by atoms with Crippen LogP contribution in [0.4, 0.5) is 0 Å². The maximum atomic E-state index is 3.85. The predicted molar refractivity (Wildman–Crippen MR) is 53.6 cm³/mol. The standard InChI is InChI=1S/C11H20N2/c1-2-9-5-8(1)6-11(9)13-10-3-4-12-7-10/h8-13H,1-7H2. The second-order valence-corrected chi connectivity index (χ2v) is 5.14. The van der Waals surface area contributed by atoms with Crippen molar-refractivity contribution in [2.45, 2.75) is 44.2 Å². The molecule has 2 saturated carbocycles. The summed E-state index contributed by atoms with van der Waals surface area (Å²) >= 11 is 0. The molecule has 0 spiro atoms. The Morgan fingerprint density at radius 2 is 2.08 bits per heavy atom. The normalized spacial score (nSPS) is 48.9. The Morgan fingerprint density at radius 1 is 1.08 bits per heavy atom. The molecule has 13 heavy (non-hydrogen) atoms. The summed E-state index contributed by atoms with van der Waals surface area (Å²) in [4.78, 5) is 0. The van der Waals surface area contributed by atoms with E-state index in [1.165, 1.54) is 45.2 Å². The SMILES string of the molecule is C1CC(NC2CC3CCC2C3)CN1. The molecule has 0 amide bonds. The molecule has 2 heteroatoms. The lowest BCUT2D eigenvalue weighted by atomic mass is 9.94. The Labute approximate surface area is 80.5 Å². The third kappa shape index (κ3) is 1.50. The molecule has 4 atom stereocenters. The molecule has 1 heterocycles. The topological polar surface area (TPSA) is 24.1 Å². The van der Waals surface area contributed by atoms with Crippen LogP contribution in [0.1, 0.15) is 32.1 Å². The molecule has 3 aliphatic rings. The maximum Gasteiger partial charge on any atom is 0.0207 e. The zero-order valence-electron chi connectivity index (χ0n) is 8.26. The highest BCUT2D eigenvalue weighted by Gasteiger charge is 2.40. The van der Waals surface area contributed by atoms with Gasteiger partial charge in [0.1, 0.15) is 0 Å². The van der Waals surface area contributed by atoms with Gasteiger partial charge >= 0.3 is 0 Å². The zero-order valence-corrected chi connectivity index (χ0v) is 8.26. The third-order valence-electron chi connectivity index (χ3n) is 4.25. The molecule has 1 saturated heterocycles. The fraction of sp³-hybridized carbons (Fsp3) is 1.00. The average Bonchev–Trinajstić information content (AvgIpc) is 2.77. The van der Waals surface area contributed by atoms with Crippen LogP contribution in [0, 0.1) is 11.8 Å². The summed E-state index contributed by atoms with van der Waals surface area (Å²) < 4.78 is 0. The Bertz CT molecular complexity index is 187. The van der Waals surface area contributed by atoms with Crippen molar-refractivity contribution in [3.05, 3.63) is 0 Å². The second kappa shape index (κ2) is 3.25. The summed E-state index contributed by atoms with van der Waals surface area (Å²) in [7, 11) is 0. The van der Waals surface area contributed by atoms with Crippen LogP contribution < -0.4 is 10.6 Å². The van der Waals surface area contributed by atoms with Gasteiger partial charge < -0.3 is 10.6 Å². The van der Waals surface area contributed by atoms with Gasteiger partial charge in [0.25, 0.3) is 0 Å². The smallest absolute Gasteiger partial charge is 0.0207 e. The highest BCUT2D eigenvalue weighted by Crippen LogP contribution is 2.44. The van der Waals surface area contributed by atoms with Crippen LogP contribution in [0.25, 0.3) is 0 Å². The van der Waals surface area contributed by atoms with Gasteiger partial charge in [-0.25, -0.2) is 0 Å². The molecule has 74 valence electrons. The van der Waals surface area contributed by atoms with E-state index in [2.05, 4.69) is 10.6 Å². The maximum absolute atomic E-state index is 3.85. The highest BCUT2D eigenvalue weighted by atomic mass is 15.1. The molecule has 3 fully saturated rings. The monoisotopic (exact) mass is 180 g/mol. The molecule has 0 radical (unpaired) electrons. The van der Waals surface area contributed by atoms with Gasteiger partial charge in [0.05, 0.1) is 0 Å². The van der Waals surface area contributed by atoms with Crippen molar-refractivity contribution >= 4 is 0 Å². The number of fused-ring (bicyclic) bond motifs is 2. The van der Waals surface area contributed by atoms with E-state index >= 15 is 0 Å². The molecular formula is C11H20N2. The van der Waals surface area contributed by atoms with Crippen molar-refractivity contribution in [2.24, 2.45) is 11.8 Å². The summed E-state index contributed by atoms with van der Waals surface area (Å²) in [5, 5.41) is 7.27. The van der Waals surface area contributed by atoms with E-state index < -0.39 is 0 Å². The third-order valence-corrected chi connectivity index (χ3v) is 4.25. The number of nitrogens with one attached hydrogen (secondary N) is 2. The van der Waals surface area contributed by atoms with Gasteiger partial charge in [0.15, 0.2) is 0 Å². The fourth-order valence-electron chi connectivity index (χ4n) is 3.55. The number of hydrogen-bond donors (Lipinski definition) is 2. The summed E-state index contributed by atoms with van der Waals surface area (Å²) in [6.07, 6.45) is 7.36. The van der Waals surface area contributed by atoms with Crippen LogP contribution in [0.2, 0.25) is 0 Å². The van der Waals surface area contributed by atoms with E-state index in [0.29, 0.717) is 0 Å². The van der Waals surface area contributed by atoms with E-state index in [-0.39, 0.29) is 0 Å². The van der Waals surface area contributed by atoms with Crippen LogP contribution in [0.15, 0.2) is 0 Å². The number of hydrogen-bond acceptors (Lipinski definition) is 2. The first-order chi connectivity index (χ1) is 6.42. The molecule has 2 nitrogen and oxygen atoms in total. The van der Waals surface area contributed by atoms with Gasteiger partial charge in [-0.2, -0.15) is 0 Å². The van der Waals surface area contributed by atoms with Gasteiger partial charge in [0.2, 0.25) is 0 Å². The summed E-state index contributed by atoms with van der Waals surface area (Å²) in [6.45, 7) is 2.42. The Morgan fingerprint density at radius 3 is 2.69 bits per heavy atom. The van der Waals surface area contributed by atoms with Gasteiger partial charge in [-0.1, -0.05) is 6.42 Å². The molecule has 0 aromatic rings. The molecule has 2 N–H and O–H groups in total. The first kappa shape index (κ1) is 8.25. The van der Waals surface area contributed by atoms with Gasteiger partial charge in [0, 0.05) is 18.6 Å². The molecule has 0 aromatic carbocycles. The molecule has 1 aliphatic heterocycles. The molecular weight excluding hydrogens is 160 g/mol. The van der Waals surface area contributed by atoms with Crippen molar-refractivity contribution in [3.8, 4) is 0 Å². The van der Waals surface area contributed by atoms with Crippen LogP contribution in [-0.2, 0) is 0 Å². The first-order valence-electron chi connectivity index (χ1n) is 5.88. The van der Waals surface area contributed by atoms with Crippen molar-refractivity contribution < 1.29 is 0 Å². The molecule has 2 aliphatic carbocycles. The fourth-order valence-corrected chi connectivity index (χ4v) is 3.55. The van der Waals surface area contributed by atoms with E-state index in [1.54, 1.807) is 0 Å². The summed E-state index contributed by atoms with van der Waals surface area (Å²) in [6, 6.07) is 1.66. The van der Waals surface area contributed by atoms with E-state index in [9.17, 15) is 0 Å². The van der Waals surface area contributed by atoms with Crippen molar-refractivity contribution in [3.63, 3.8) is 0 Å². The molecule has 0 aromatic heterocycles. The van der Waals surface area contributed by atoms with Gasteiger partial charge in [-0.3, -0.25) is 0 Å². The predicted octanol–water partition coefficient (Wildman–Crippen LogP) is 1.13. The molecule has 3 rings (SSSR count). The minimum atomic E-state index is 0.782. The first-order valence-corrected chi connectivity index (χ1v) is 5.88. The average molecular weight is 180 g/mol. The minimum absolute atomic E-state index is 0.782. The Balaban J connectivity index is 1.55. The summed E-state index contributed by atoms with van der Waals surface area (Å²) in [5.74, 6) is 2.11. The Kier molecular flexibility index (Phi) is 2.06. The van der Waals surface area contributed by atoms with E-state index in [4.69, 9.17) is 0 Å². The van der Waals surface area contributed by atoms with Crippen LogP contribution in [-0.4, -0.2) is 25.2 Å². The Hall–Kier alpha value is -0.0800. The van der Waals surface area contributed by atoms with Gasteiger partial charge in [-0.05, 0) is 44.1 Å². The van der Waals surface area contributed by atoms with Crippen LogP contribution in [0.3, 0.4) is 0 Å². The van der Waals surface area contributed by atoms with E-state index in [0.717, 1.165) is 23.9 Å². The second-order valence-electron chi connectivity index (χ2n) is 5.14. The van der Waals surface area contributed by atoms with Gasteiger partial charge in [-0.15, -0.1) is 0 Å². The van der Waals surface area contributed by atoms with Crippen molar-refractivity contribution in [2.75, 3.05) is 13.1 Å². The zero-order chi connectivity index (χ0) is 8.67. The quantitative estimate of drug-likeness (QED) is 0.665. The largest absolute Gasteiger partial charge is 0.315 e. The summed E-state index contributed by atoms with van der Waals surface area (Å²) in [5.41, 5.74) is 0. The molecule has 2 bridgehead atoms. The van der Waals surface area contributed by atoms with Crippen molar-refractivity contribution in [1.29, 1.82) is 0 Å². The van der Waals surface area contributed by atoms with E-state index in [1.807, 2.05) is 0 Å². The highest BCUT2D eigenvalue weighted by molar-refractivity contribution is 4.96. The molecule has 4 unspecified atom stereocenters. The lowest BCUT2D eigenvalue weighted by molar-refractivity contribution is 0.324. The number of rotatable bonds is 2. The minimum Gasteiger partial charge on any atom is -0.315 e. The van der Waals surface area contributed by atoms with Crippen LogP contribution in [0.5, 0.6) is 0 Å². The lowest BCUT2D eigenvalue weighted by Crippen LogP contribution is -2.42. The van der Waals surface area contributed by atoms with Crippen LogP contribution >= 0.6 is 0 Å². The van der Waals surface area contributed by atoms with Crippen molar-refractivity contribution in [1.82, 2.24) is 10.6 Å². The lowest BCUT2D eigenvalue weighted by Gasteiger charge is -2.26.